The molecule has 1 heterocycles. The molecule has 1 unspecified atom stereocenters. The van der Waals surface area contributed by atoms with Crippen molar-refractivity contribution in [1.82, 2.24) is 9.97 Å². The van der Waals surface area contributed by atoms with Crippen molar-refractivity contribution in [3.05, 3.63) is 22.2 Å². The molecular weight excluding hydrogens is 256 g/mol. The summed E-state index contributed by atoms with van der Waals surface area (Å²) >= 11 is 5.27. The van der Waals surface area contributed by atoms with E-state index in [4.69, 9.17) is 17.0 Å². The zero-order valence-corrected chi connectivity index (χ0v) is 12.8. The number of aromatic nitrogens is 2. The SMILES string of the molecule is CCOC(c1nc(=S)cc(CC)[nH]1)C1CCCCC1. The maximum absolute atomic E-state index is 5.98. The number of H-pyrrole nitrogens is 1. The summed E-state index contributed by atoms with van der Waals surface area (Å²) in [5, 5.41) is 0. The molecule has 1 atom stereocenters. The Labute approximate surface area is 120 Å². The highest BCUT2D eigenvalue weighted by molar-refractivity contribution is 7.71. The van der Waals surface area contributed by atoms with Crippen LogP contribution < -0.4 is 0 Å². The van der Waals surface area contributed by atoms with E-state index in [-0.39, 0.29) is 6.10 Å². The van der Waals surface area contributed by atoms with Crippen molar-refractivity contribution in [3.8, 4) is 0 Å². The van der Waals surface area contributed by atoms with Crippen LogP contribution >= 0.6 is 12.2 Å². The summed E-state index contributed by atoms with van der Waals surface area (Å²) in [5.41, 5.74) is 1.15. The van der Waals surface area contributed by atoms with E-state index in [1.807, 2.05) is 13.0 Å². The number of hydrogen-bond donors (Lipinski definition) is 1. The molecule has 0 spiro atoms. The third-order valence-electron chi connectivity index (χ3n) is 3.89. The van der Waals surface area contributed by atoms with Crippen LogP contribution in [0, 0.1) is 10.6 Å². The van der Waals surface area contributed by atoms with Crippen molar-refractivity contribution in [1.29, 1.82) is 0 Å². The number of aromatic amines is 1. The minimum atomic E-state index is 0.0819. The maximum Gasteiger partial charge on any atom is 0.137 e. The maximum atomic E-state index is 5.98. The van der Waals surface area contributed by atoms with Crippen molar-refractivity contribution in [2.75, 3.05) is 6.61 Å². The molecule has 0 aromatic carbocycles. The molecule has 1 aliphatic rings. The van der Waals surface area contributed by atoms with Crippen molar-refractivity contribution in [2.45, 2.75) is 58.5 Å². The Morgan fingerprint density at radius 1 is 1.37 bits per heavy atom. The average molecular weight is 280 g/mol. The van der Waals surface area contributed by atoms with Gasteiger partial charge in [0.2, 0.25) is 0 Å². The van der Waals surface area contributed by atoms with Crippen LogP contribution in [0.1, 0.15) is 63.6 Å². The highest BCUT2D eigenvalue weighted by Gasteiger charge is 2.27. The first-order valence-electron chi connectivity index (χ1n) is 7.46. The fraction of sp³-hybridized carbons (Fsp3) is 0.733. The highest BCUT2D eigenvalue weighted by Crippen LogP contribution is 2.35. The van der Waals surface area contributed by atoms with E-state index in [1.54, 1.807) is 0 Å². The van der Waals surface area contributed by atoms with Gasteiger partial charge >= 0.3 is 0 Å². The average Bonchev–Trinajstić information content (AvgIpc) is 2.45. The first kappa shape index (κ1) is 14.7. The van der Waals surface area contributed by atoms with E-state index in [2.05, 4.69) is 16.9 Å². The van der Waals surface area contributed by atoms with E-state index < -0.39 is 0 Å². The lowest BCUT2D eigenvalue weighted by atomic mass is 9.85. The number of rotatable bonds is 5. The van der Waals surface area contributed by atoms with Crippen molar-refractivity contribution >= 4 is 12.2 Å². The van der Waals surface area contributed by atoms with Gasteiger partial charge < -0.3 is 9.72 Å². The van der Waals surface area contributed by atoms with Gasteiger partial charge in [0.25, 0.3) is 0 Å². The number of hydrogen-bond acceptors (Lipinski definition) is 3. The molecule has 106 valence electrons. The Bertz CT molecular complexity index is 452. The summed E-state index contributed by atoms with van der Waals surface area (Å²) in [6.07, 6.45) is 7.48. The number of nitrogens with one attached hydrogen (secondary N) is 1. The molecule has 0 amide bonds. The first-order valence-corrected chi connectivity index (χ1v) is 7.87. The van der Waals surface area contributed by atoms with Crippen LogP contribution in [0.5, 0.6) is 0 Å². The van der Waals surface area contributed by atoms with Crippen molar-refractivity contribution in [2.24, 2.45) is 5.92 Å². The van der Waals surface area contributed by atoms with Gasteiger partial charge in [-0.15, -0.1) is 0 Å². The molecule has 2 rings (SSSR count). The largest absolute Gasteiger partial charge is 0.370 e. The molecule has 0 aliphatic heterocycles. The van der Waals surface area contributed by atoms with Crippen LogP contribution in [0.15, 0.2) is 6.07 Å². The van der Waals surface area contributed by atoms with Gasteiger partial charge in [-0.05, 0) is 38.2 Å². The van der Waals surface area contributed by atoms with Crippen LogP contribution in [-0.2, 0) is 11.2 Å². The first-order chi connectivity index (χ1) is 9.24. The third-order valence-corrected chi connectivity index (χ3v) is 4.10. The fourth-order valence-corrected chi connectivity index (χ4v) is 3.15. The van der Waals surface area contributed by atoms with Crippen LogP contribution in [0.4, 0.5) is 0 Å². The van der Waals surface area contributed by atoms with Gasteiger partial charge in [-0.3, -0.25) is 0 Å². The van der Waals surface area contributed by atoms with Crippen molar-refractivity contribution < 1.29 is 4.74 Å². The molecule has 0 radical (unpaired) electrons. The quantitative estimate of drug-likeness (QED) is 0.814. The molecule has 1 N–H and O–H groups in total. The Balaban J connectivity index is 2.26. The second-order valence-electron chi connectivity index (χ2n) is 5.26. The standard InChI is InChI=1S/C15H24N2OS/c1-3-12-10-13(19)17-15(16-12)14(18-4-2)11-8-6-5-7-9-11/h10-11,14H,3-9H2,1-2H3,(H,16,17,19). The van der Waals surface area contributed by atoms with Crippen LogP contribution in [0.25, 0.3) is 0 Å². The molecule has 3 nitrogen and oxygen atoms in total. The second-order valence-corrected chi connectivity index (χ2v) is 5.68. The number of ether oxygens (including phenoxy) is 1. The van der Waals surface area contributed by atoms with Gasteiger partial charge in [0.05, 0.1) is 0 Å². The zero-order chi connectivity index (χ0) is 13.7. The van der Waals surface area contributed by atoms with E-state index in [0.29, 0.717) is 10.6 Å². The molecule has 1 fully saturated rings. The van der Waals surface area contributed by atoms with Gasteiger partial charge in [0, 0.05) is 12.3 Å². The van der Waals surface area contributed by atoms with Gasteiger partial charge in [0.1, 0.15) is 16.6 Å². The lowest BCUT2D eigenvalue weighted by molar-refractivity contribution is -0.000383. The summed E-state index contributed by atoms with van der Waals surface area (Å²) in [6, 6.07) is 1.95. The predicted octanol–water partition coefficient (Wildman–Crippen LogP) is 4.36. The lowest BCUT2D eigenvalue weighted by Gasteiger charge is -2.29. The van der Waals surface area contributed by atoms with E-state index in [9.17, 15) is 0 Å². The Morgan fingerprint density at radius 2 is 2.11 bits per heavy atom. The third kappa shape index (κ3) is 3.86. The number of aryl methyl sites for hydroxylation is 1. The van der Waals surface area contributed by atoms with Gasteiger partial charge in [-0.2, -0.15) is 0 Å². The van der Waals surface area contributed by atoms with Crippen LogP contribution in [0.3, 0.4) is 0 Å². The minimum Gasteiger partial charge on any atom is -0.370 e. The smallest absolute Gasteiger partial charge is 0.137 e. The van der Waals surface area contributed by atoms with Gasteiger partial charge in [-0.25, -0.2) is 4.98 Å². The minimum absolute atomic E-state index is 0.0819. The van der Waals surface area contributed by atoms with Gasteiger partial charge in [-0.1, -0.05) is 38.4 Å². The molecule has 4 heteroatoms. The van der Waals surface area contributed by atoms with Crippen LogP contribution in [-0.4, -0.2) is 16.6 Å². The van der Waals surface area contributed by atoms with E-state index in [0.717, 1.165) is 24.5 Å². The lowest BCUT2D eigenvalue weighted by Crippen LogP contribution is -2.21. The normalized spacial score (nSPS) is 18.4. The summed E-state index contributed by atoms with van der Waals surface area (Å²) in [4.78, 5) is 7.92. The second kappa shape index (κ2) is 7.15. The van der Waals surface area contributed by atoms with Crippen LogP contribution in [0.2, 0.25) is 0 Å². The van der Waals surface area contributed by atoms with E-state index in [1.165, 1.54) is 32.1 Å². The monoisotopic (exact) mass is 280 g/mol. The summed E-state index contributed by atoms with van der Waals surface area (Å²) in [5.74, 6) is 1.51. The Morgan fingerprint density at radius 3 is 2.74 bits per heavy atom. The number of nitrogens with zero attached hydrogens (tertiary/aromatic N) is 1. The summed E-state index contributed by atoms with van der Waals surface area (Å²) in [7, 11) is 0. The molecule has 1 aliphatic carbocycles. The molecule has 1 aromatic heterocycles. The molecular formula is C15H24N2OS. The molecule has 0 bridgehead atoms. The zero-order valence-electron chi connectivity index (χ0n) is 11.9. The highest BCUT2D eigenvalue weighted by atomic mass is 32.1. The predicted molar refractivity (Wildman–Crippen MR) is 79.7 cm³/mol. The van der Waals surface area contributed by atoms with Gasteiger partial charge in [0.15, 0.2) is 0 Å². The van der Waals surface area contributed by atoms with E-state index >= 15 is 0 Å². The topological polar surface area (TPSA) is 37.9 Å². The summed E-state index contributed by atoms with van der Waals surface area (Å²) < 4.78 is 6.65. The van der Waals surface area contributed by atoms with Crippen molar-refractivity contribution in [3.63, 3.8) is 0 Å². The Kier molecular flexibility index (Phi) is 5.52. The fourth-order valence-electron chi connectivity index (χ4n) is 2.91. The Hall–Kier alpha value is -0.740. The summed E-state index contributed by atoms with van der Waals surface area (Å²) in [6.45, 7) is 4.90. The molecule has 1 aromatic rings. The molecule has 1 saturated carbocycles. The molecule has 0 saturated heterocycles. The molecule has 19 heavy (non-hydrogen) atoms.